The van der Waals surface area contributed by atoms with Gasteiger partial charge in [0.1, 0.15) is 12.2 Å². The number of esters is 1. The molecule has 0 heterocycles. The average Bonchev–Trinajstić information content (AvgIpc) is 2.41. The van der Waals surface area contributed by atoms with Gasteiger partial charge in [-0.25, -0.2) is 4.79 Å². The molecular formula is C13H18O6. The molecule has 0 aromatic heterocycles. The van der Waals surface area contributed by atoms with E-state index < -0.39 is 11.7 Å². The Kier molecular flexibility index (Phi) is 6.11. The van der Waals surface area contributed by atoms with Crippen molar-refractivity contribution in [3.8, 4) is 11.5 Å². The van der Waals surface area contributed by atoms with Gasteiger partial charge in [-0.05, 0) is 18.1 Å². The largest absolute Gasteiger partial charge is 0.504 e. The van der Waals surface area contributed by atoms with Gasteiger partial charge in [-0.15, -0.1) is 0 Å². The molecule has 3 N–H and O–H groups in total. The number of hydrogen-bond acceptors (Lipinski definition) is 6. The monoisotopic (exact) mass is 270 g/mol. The Morgan fingerprint density at radius 1 is 1.16 bits per heavy atom. The summed E-state index contributed by atoms with van der Waals surface area (Å²) in [6.45, 7) is 2.07. The van der Waals surface area contributed by atoms with Crippen molar-refractivity contribution in [1.82, 2.24) is 0 Å². The van der Waals surface area contributed by atoms with E-state index >= 15 is 0 Å². The van der Waals surface area contributed by atoms with Gasteiger partial charge in [0.2, 0.25) is 0 Å². The Morgan fingerprint density at radius 2 is 1.89 bits per heavy atom. The lowest BCUT2D eigenvalue weighted by molar-refractivity contribution is 0.0255. The molecule has 0 unspecified atom stereocenters. The molecule has 0 saturated heterocycles. The summed E-state index contributed by atoms with van der Waals surface area (Å²) in [6, 6.07) is 2.97. The molecule has 0 aliphatic heterocycles. The summed E-state index contributed by atoms with van der Waals surface area (Å²) in [4.78, 5) is 11.7. The molecule has 0 aliphatic carbocycles. The topological polar surface area (TPSA) is 96.2 Å². The van der Waals surface area contributed by atoms with Gasteiger partial charge in [0.25, 0.3) is 0 Å². The van der Waals surface area contributed by atoms with Crippen molar-refractivity contribution >= 4 is 5.97 Å². The van der Waals surface area contributed by atoms with Crippen molar-refractivity contribution in [2.75, 3.05) is 26.4 Å². The third kappa shape index (κ3) is 4.11. The second kappa shape index (κ2) is 7.60. The molecule has 0 fully saturated rings. The summed E-state index contributed by atoms with van der Waals surface area (Å²) >= 11 is 0. The van der Waals surface area contributed by atoms with Crippen LogP contribution in [0.3, 0.4) is 0 Å². The van der Waals surface area contributed by atoms with Crippen LogP contribution in [0.2, 0.25) is 0 Å². The quantitative estimate of drug-likeness (QED) is 0.386. The maximum absolute atomic E-state index is 11.7. The van der Waals surface area contributed by atoms with Crippen LogP contribution in [-0.2, 0) is 15.9 Å². The number of phenols is 2. The molecule has 1 aromatic carbocycles. The van der Waals surface area contributed by atoms with Crippen LogP contribution in [0.5, 0.6) is 11.5 Å². The Bertz CT molecular complexity index is 429. The van der Waals surface area contributed by atoms with Crippen LogP contribution in [0.1, 0.15) is 22.8 Å². The number of ether oxygens (including phenoxy) is 2. The van der Waals surface area contributed by atoms with E-state index in [0.717, 1.165) is 0 Å². The maximum atomic E-state index is 11.7. The van der Waals surface area contributed by atoms with Crippen LogP contribution < -0.4 is 0 Å². The summed E-state index contributed by atoms with van der Waals surface area (Å²) < 4.78 is 9.79. The Balaban J connectivity index is 2.60. The van der Waals surface area contributed by atoms with Gasteiger partial charge in [0.15, 0.2) is 11.5 Å². The molecule has 6 nitrogen and oxygen atoms in total. The first-order chi connectivity index (χ1) is 9.11. The van der Waals surface area contributed by atoms with E-state index in [1.54, 1.807) is 6.07 Å². The highest BCUT2D eigenvalue weighted by atomic mass is 16.6. The summed E-state index contributed by atoms with van der Waals surface area (Å²) in [6.07, 6.45) is 0.545. The number of aromatic hydroxyl groups is 2. The molecule has 0 radical (unpaired) electrons. The number of carbonyl (C=O) groups is 1. The first-order valence-corrected chi connectivity index (χ1v) is 6.01. The van der Waals surface area contributed by atoms with Crippen molar-refractivity contribution in [3.63, 3.8) is 0 Å². The molecule has 0 atom stereocenters. The standard InChI is InChI=1S/C13H18O6/c1-2-9-3-4-10(12(16)11(9)15)13(17)19-8-7-18-6-5-14/h3-4,14-16H,2,5-8H2,1H3. The van der Waals surface area contributed by atoms with Crippen molar-refractivity contribution < 1.29 is 29.6 Å². The third-order valence-electron chi connectivity index (χ3n) is 2.53. The smallest absolute Gasteiger partial charge is 0.342 e. The lowest BCUT2D eigenvalue weighted by Crippen LogP contribution is -2.12. The number of aliphatic hydroxyl groups excluding tert-OH is 1. The molecular weight excluding hydrogens is 252 g/mol. The van der Waals surface area contributed by atoms with Gasteiger partial charge in [-0.3, -0.25) is 0 Å². The maximum Gasteiger partial charge on any atom is 0.342 e. The van der Waals surface area contributed by atoms with Crippen LogP contribution in [0, 0.1) is 0 Å². The lowest BCUT2D eigenvalue weighted by atomic mass is 10.1. The van der Waals surface area contributed by atoms with Crippen molar-refractivity contribution in [1.29, 1.82) is 0 Å². The van der Waals surface area contributed by atoms with E-state index in [1.165, 1.54) is 6.07 Å². The summed E-state index contributed by atoms with van der Waals surface area (Å²) in [7, 11) is 0. The normalized spacial score (nSPS) is 10.4. The number of hydrogen-bond donors (Lipinski definition) is 3. The molecule has 0 saturated carbocycles. The van der Waals surface area contributed by atoms with Gasteiger partial charge < -0.3 is 24.8 Å². The number of phenolic OH excluding ortho intramolecular Hbond substituents is 2. The number of benzene rings is 1. The Labute approximate surface area is 111 Å². The van der Waals surface area contributed by atoms with Crippen LogP contribution in [-0.4, -0.2) is 47.7 Å². The number of aryl methyl sites for hydroxylation is 1. The van der Waals surface area contributed by atoms with Gasteiger partial charge in [-0.1, -0.05) is 13.0 Å². The highest BCUT2D eigenvalue weighted by Gasteiger charge is 2.17. The van der Waals surface area contributed by atoms with E-state index in [-0.39, 0.29) is 37.7 Å². The molecule has 1 aromatic rings. The zero-order valence-corrected chi connectivity index (χ0v) is 10.8. The Hall–Kier alpha value is -1.79. The van der Waals surface area contributed by atoms with Crippen molar-refractivity contribution in [2.45, 2.75) is 13.3 Å². The summed E-state index contributed by atoms with van der Waals surface area (Å²) in [5.74, 6) is -1.50. The molecule has 0 aliphatic rings. The molecule has 0 bridgehead atoms. The van der Waals surface area contributed by atoms with Crippen LogP contribution in [0.15, 0.2) is 12.1 Å². The second-order valence-electron chi connectivity index (χ2n) is 3.79. The van der Waals surface area contributed by atoms with E-state index in [0.29, 0.717) is 12.0 Å². The second-order valence-corrected chi connectivity index (χ2v) is 3.79. The zero-order valence-electron chi connectivity index (χ0n) is 10.8. The highest BCUT2D eigenvalue weighted by Crippen LogP contribution is 2.33. The van der Waals surface area contributed by atoms with Gasteiger partial charge in [0, 0.05) is 0 Å². The zero-order chi connectivity index (χ0) is 14.3. The van der Waals surface area contributed by atoms with E-state index in [2.05, 4.69) is 0 Å². The fraction of sp³-hybridized carbons (Fsp3) is 0.462. The van der Waals surface area contributed by atoms with Crippen molar-refractivity contribution in [3.05, 3.63) is 23.3 Å². The summed E-state index contributed by atoms with van der Waals surface area (Å²) in [5.41, 5.74) is 0.470. The van der Waals surface area contributed by atoms with Crippen LogP contribution in [0.25, 0.3) is 0 Å². The number of carbonyl (C=O) groups excluding carboxylic acids is 1. The SMILES string of the molecule is CCc1ccc(C(=O)OCCOCCO)c(O)c1O. The first kappa shape index (κ1) is 15.3. The molecule has 0 amide bonds. The predicted molar refractivity (Wildman–Crippen MR) is 67.3 cm³/mol. The van der Waals surface area contributed by atoms with Crippen LogP contribution >= 0.6 is 0 Å². The summed E-state index contributed by atoms with van der Waals surface area (Å²) in [5, 5.41) is 27.8. The van der Waals surface area contributed by atoms with Gasteiger partial charge >= 0.3 is 5.97 Å². The predicted octanol–water partition coefficient (Wildman–Crippen LogP) is 0.826. The highest BCUT2D eigenvalue weighted by molar-refractivity contribution is 5.93. The number of rotatable bonds is 7. The molecule has 6 heteroatoms. The lowest BCUT2D eigenvalue weighted by Gasteiger charge is -2.09. The van der Waals surface area contributed by atoms with Crippen molar-refractivity contribution in [2.24, 2.45) is 0 Å². The van der Waals surface area contributed by atoms with E-state index in [1.807, 2.05) is 6.92 Å². The fourth-order valence-electron chi connectivity index (χ4n) is 1.51. The molecule has 106 valence electrons. The van der Waals surface area contributed by atoms with E-state index in [4.69, 9.17) is 14.6 Å². The molecule has 1 rings (SSSR count). The number of aliphatic hydroxyl groups is 1. The minimum absolute atomic E-state index is 0.00850. The average molecular weight is 270 g/mol. The van der Waals surface area contributed by atoms with Gasteiger partial charge in [-0.2, -0.15) is 0 Å². The minimum Gasteiger partial charge on any atom is -0.504 e. The first-order valence-electron chi connectivity index (χ1n) is 6.01. The Morgan fingerprint density at radius 3 is 2.53 bits per heavy atom. The molecule has 0 spiro atoms. The molecule has 19 heavy (non-hydrogen) atoms. The fourth-order valence-corrected chi connectivity index (χ4v) is 1.51. The minimum atomic E-state index is -0.733. The third-order valence-corrected chi connectivity index (χ3v) is 2.53. The van der Waals surface area contributed by atoms with Crippen LogP contribution in [0.4, 0.5) is 0 Å². The van der Waals surface area contributed by atoms with E-state index in [9.17, 15) is 15.0 Å². The van der Waals surface area contributed by atoms with Gasteiger partial charge in [0.05, 0.1) is 19.8 Å².